The van der Waals surface area contributed by atoms with E-state index in [1.165, 1.54) is 12.1 Å². The topological polar surface area (TPSA) is 128 Å². The van der Waals surface area contributed by atoms with Crippen LogP contribution >= 0.6 is 0 Å². The van der Waals surface area contributed by atoms with Gasteiger partial charge in [-0.2, -0.15) is 0 Å². The number of hydrogen-bond acceptors (Lipinski definition) is 8. The normalized spacial score (nSPS) is 10.1. The van der Waals surface area contributed by atoms with E-state index < -0.39 is 15.8 Å². The van der Waals surface area contributed by atoms with Gasteiger partial charge in [0.1, 0.15) is 5.11 Å². The van der Waals surface area contributed by atoms with Crippen LogP contribution in [0.1, 0.15) is 5.56 Å². The lowest BCUT2D eigenvalue weighted by Gasteiger charge is -1.98. The third-order valence-corrected chi connectivity index (χ3v) is 2.02. The zero-order valence-corrected chi connectivity index (χ0v) is 9.25. The molecule has 0 fully saturated rings. The summed E-state index contributed by atoms with van der Waals surface area (Å²) in [6, 6.07) is 4.17. The van der Waals surface area contributed by atoms with Gasteiger partial charge in [-0.25, -0.2) is 4.33 Å². The maximum Gasteiger partial charge on any atom is 0.302 e. The molecule has 92 valence electrons. The van der Waals surface area contributed by atoms with Crippen LogP contribution in [0, 0.1) is 17.0 Å². The van der Waals surface area contributed by atoms with E-state index in [1.54, 1.807) is 13.0 Å². The molecule has 1 aromatic rings. The minimum atomic E-state index is -2.45. The molecule has 0 unspecified atom stereocenters. The summed E-state index contributed by atoms with van der Waals surface area (Å²) in [5, 5.41) is 26.3. The minimum Gasteiger partial charge on any atom is -0.693 e. The molecule has 0 bridgehead atoms. The molecule has 0 aliphatic carbocycles. The predicted octanol–water partition coefficient (Wildman–Crippen LogP) is 0.340. The molecule has 0 aromatic heterocycles. The Morgan fingerprint density at radius 3 is 2.82 bits per heavy atom. The van der Waals surface area contributed by atoms with E-state index in [0.29, 0.717) is 5.56 Å². The number of nitro groups is 1. The molecule has 0 spiro atoms. The molecule has 0 saturated heterocycles. The van der Waals surface area contributed by atoms with Crippen LogP contribution in [0.5, 0.6) is 0 Å². The zero-order chi connectivity index (χ0) is 12.8. The first-order valence-electron chi connectivity index (χ1n) is 4.10. The van der Waals surface area contributed by atoms with Crippen molar-refractivity contribution in [3.8, 4) is 0 Å². The molecular formula is C7H6N3O6S-. The second-order valence-electron chi connectivity index (χ2n) is 2.78. The largest absolute Gasteiger partial charge is 0.693 e. The van der Waals surface area contributed by atoms with Crippen LogP contribution < -0.4 is 9.42 Å². The summed E-state index contributed by atoms with van der Waals surface area (Å²) in [7, 11) is -2.45. The van der Waals surface area contributed by atoms with Crippen molar-refractivity contribution in [3.63, 3.8) is 0 Å². The van der Waals surface area contributed by atoms with Gasteiger partial charge >= 0.3 is 5.69 Å². The average molecular weight is 260 g/mol. The Hall–Kier alpha value is -1.84. The highest BCUT2D eigenvalue weighted by Crippen LogP contribution is 2.27. The van der Waals surface area contributed by atoms with Crippen molar-refractivity contribution in [1.29, 1.82) is 0 Å². The van der Waals surface area contributed by atoms with E-state index in [9.17, 15) is 19.6 Å². The van der Waals surface area contributed by atoms with Gasteiger partial charge in [-0.05, 0) is 22.7 Å². The van der Waals surface area contributed by atoms with Crippen molar-refractivity contribution in [2.75, 3.05) is 0 Å². The highest BCUT2D eigenvalue weighted by atomic mass is 32.2. The Labute approximate surface area is 96.7 Å². The maximum absolute atomic E-state index is 10.7. The van der Waals surface area contributed by atoms with Crippen LogP contribution in [0.15, 0.2) is 23.3 Å². The lowest BCUT2D eigenvalue weighted by molar-refractivity contribution is -0.777. The first kappa shape index (κ1) is 13.2. The molecule has 0 aliphatic heterocycles. The van der Waals surface area contributed by atoms with Gasteiger partial charge in [0.15, 0.2) is 0 Å². The highest BCUT2D eigenvalue weighted by molar-refractivity contribution is 7.68. The quantitative estimate of drug-likeness (QED) is 0.192. The predicted molar refractivity (Wildman–Crippen MR) is 52.3 cm³/mol. The average Bonchev–Trinajstić information content (AvgIpc) is 2.27. The number of benzene rings is 1. The molecule has 1 rings (SSSR count). The summed E-state index contributed by atoms with van der Waals surface area (Å²) in [5.74, 6) is 0. The standard InChI is InChI=1S/C7H7N3O6S/c1-5-2-3-6(7(4-5)10(11)12)8-9-17(14)16-15-13/h2-4,13H,1H3/p-1. The smallest absolute Gasteiger partial charge is 0.302 e. The lowest BCUT2D eigenvalue weighted by atomic mass is 10.2. The number of rotatable bonds is 4. The monoisotopic (exact) mass is 260 g/mol. The molecule has 0 amide bonds. The van der Waals surface area contributed by atoms with E-state index in [2.05, 4.69) is 18.6 Å². The van der Waals surface area contributed by atoms with Crippen LogP contribution in [0.25, 0.3) is 0 Å². The highest BCUT2D eigenvalue weighted by Gasteiger charge is 2.15. The molecule has 10 heteroatoms. The van der Waals surface area contributed by atoms with Gasteiger partial charge in [-0.15, -0.1) is 0 Å². The summed E-state index contributed by atoms with van der Waals surface area (Å²) < 4.78 is 17.3. The van der Waals surface area contributed by atoms with Crippen LogP contribution in [0.3, 0.4) is 0 Å². The molecule has 0 saturated carbocycles. The zero-order valence-electron chi connectivity index (χ0n) is 8.43. The van der Waals surface area contributed by atoms with Crippen molar-refractivity contribution in [3.05, 3.63) is 33.9 Å². The third-order valence-electron chi connectivity index (χ3n) is 1.63. The summed E-state index contributed by atoms with van der Waals surface area (Å²) in [4.78, 5) is 10.0. The Morgan fingerprint density at radius 1 is 1.53 bits per heavy atom. The molecule has 17 heavy (non-hydrogen) atoms. The molecule has 0 radical (unpaired) electrons. The third kappa shape index (κ3) is 3.90. The fourth-order valence-corrected chi connectivity index (χ4v) is 1.21. The van der Waals surface area contributed by atoms with Gasteiger partial charge in [0.2, 0.25) is 5.69 Å². The van der Waals surface area contributed by atoms with Gasteiger partial charge in [0.25, 0.3) is 10.9 Å². The van der Waals surface area contributed by atoms with Crippen LogP contribution in [0.2, 0.25) is 0 Å². The SMILES string of the molecule is Cc1ccc(N=[N+]=[S-](=O)OO[O-])c([N+](=O)[O-])c1. The molecule has 0 aliphatic rings. The summed E-state index contributed by atoms with van der Waals surface area (Å²) in [6.45, 7) is 1.67. The van der Waals surface area contributed by atoms with Crippen molar-refractivity contribution >= 4 is 22.3 Å². The Kier molecular flexibility index (Phi) is 4.69. The first-order valence-corrected chi connectivity index (χ1v) is 5.13. The number of nitro benzene ring substituents is 1. The lowest BCUT2D eigenvalue weighted by Crippen LogP contribution is -2.04. The molecule has 0 heterocycles. The van der Waals surface area contributed by atoms with Crippen molar-refractivity contribution in [2.24, 2.45) is 5.11 Å². The Bertz CT molecular complexity index is 547. The molecule has 0 atom stereocenters. The Morgan fingerprint density at radius 2 is 2.24 bits per heavy atom. The number of hydrogen-bond donors (Lipinski definition) is 0. The van der Waals surface area contributed by atoms with E-state index in [4.69, 9.17) is 0 Å². The van der Waals surface area contributed by atoms with Crippen molar-refractivity contribution < 1.29 is 23.8 Å². The van der Waals surface area contributed by atoms with Gasteiger partial charge in [-0.1, -0.05) is 6.07 Å². The number of aryl methyl sites for hydroxylation is 1. The van der Waals surface area contributed by atoms with Crippen molar-refractivity contribution in [2.45, 2.75) is 6.92 Å². The van der Waals surface area contributed by atoms with Crippen LogP contribution in [-0.2, 0) is 24.5 Å². The van der Waals surface area contributed by atoms with E-state index in [0.717, 1.165) is 0 Å². The van der Waals surface area contributed by atoms with Crippen LogP contribution in [-0.4, -0.2) is 4.92 Å². The maximum atomic E-state index is 10.7. The molecule has 0 N–H and O–H groups in total. The van der Waals surface area contributed by atoms with E-state index >= 15 is 0 Å². The van der Waals surface area contributed by atoms with Gasteiger partial charge in [0, 0.05) is 6.07 Å². The van der Waals surface area contributed by atoms with Gasteiger partial charge in [-0.3, -0.25) is 10.1 Å². The first-order chi connectivity index (χ1) is 8.04. The fraction of sp³-hybridized carbons (Fsp3) is 0.143. The van der Waals surface area contributed by atoms with E-state index in [1.807, 2.05) is 0 Å². The van der Waals surface area contributed by atoms with Gasteiger partial charge in [0.05, 0.1) is 4.92 Å². The summed E-state index contributed by atoms with van der Waals surface area (Å²) >= 11 is 0. The minimum absolute atomic E-state index is 0.108. The molecule has 9 nitrogen and oxygen atoms in total. The second-order valence-corrected chi connectivity index (χ2v) is 3.52. The Balaban J connectivity index is 3.19. The molecular weight excluding hydrogens is 254 g/mol. The summed E-state index contributed by atoms with van der Waals surface area (Å²) in [5.41, 5.74) is 0.258. The second kappa shape index (κ2) is 6.03. The van der Waals surface area contributed by atoms with Crippen LogP contribution in [0.4, 0.5) is 11.4 Å². The van der Waals surface area contributed by atoms with E-state index in [-0.39, 0.29) is 11.4 Å². The summed E-state index contributed by atoms with van der Waals surface area (Å²) in [6.07, 6.45) is 0. The molecule has 1 aromatic carbocycles. The number of nitrogens with zero attached hydrogens (tertiary/aromatic N) is 3. The van der Waals surface area contributed by atoms with Crippen molar-refractivity contribution in [1.82, 2.24) is 4.16 Å². The fourth-order valence-electron chi connectivity index (χ4n) is 0.979. The van der Waals surface area contributed by atoms with Gasteiger partial charge < -0.3 is 14.5 Å².